The van der Waals surface area contributed by atoms with Gasteiger partial charge in [-0.2, -0.15) is 0 Å². The maximum atomic E-state index is 11.1. The van der Waals surface area contributed by atoms with Gasteiger partial charge in [0.1, 0.15) is 0 Å². The van der Waals surface area contributed by atoms with Gasteiger partial charge in [0.05, 0.1) is 6.10 Å². The van der Waals surface area contributed by atoms with E-state index in [-0.39, 0.29) is 0 Å². The third-order valence-corrected chi connectivity index (χ3v) is 2.85. The van der Waals surface area contributed by atoms with Crippen LogP contribution in [0.3, 0.4) is 0 Å². The van der Waals surface area contributed by atoms with E-state index in [2.05, 4.69) is 0 Å². The summed E-state index contributed by atoms with van der Waals surface area (Å²) in [5.74, 6) is 0. The first-order valence-corrected chi connectivity index (χ1v) is 6.06. The number of aliphatic hydroxyl groups is 1. The molecule has 0 saturated carbocycles. The van der Waals surface area contributed by atoms with Crippen LogP contribution in [0.4, 0.5) is 4.79 Å². The van der Waals surface area contributed by atoms with Crippen LogP contribution in [0.15, 0.2) is 30.3 Å². The molecule has 0 fully saturated rings. The molecule has 0 spiro atoms. The minimum absolute atomic E-state index is 0.314. The summed E-state index contributed by atoms with van der Waals surface area (Å²) < 4.78 is 0. The Balaban J connectivity index is 2.61. The van der Waals surface area contributed by atoms with E-state index in [1.54, 1.807) is 0 Å². The fraction of sp³-hybridized carbons (Fsp3) is 0.500. The van der Waals surface area contributed by atoms with Crippen LogP contribution in [0, 0.1) is 0 Å². The Morgan fingerprint density at radius 3 is 2.28 bits per heavy atom. The van der Waals surface area contributed by atoms with Crippen LogP contribution in [0.25, 0.3) is 0 Å². The topological polar surface area (TPSA) is 60.8 Å². The van der Waals surface area contributed by atoms with E-state index in [1.807, 2.05) is 51.1 Å². The SMILES string of the molecule is CC(C)(C)N(CCC(O)c1ccccc1)C(=O)O. The molecule has 0 aliphatic carbocycles. The van der Waals surface area contributed by atoms with Crippen molar-refractivity contribution in [3.8, 4) is 0 Å². The van der Waals surface area contributed by atoms with E-state index in [9.17, 15) is 9.90 Å². The van der Waals surface area contributed by atoms with Crippen molar-refractivity contribution in [2.45, 2.75) is 38.8 Å². The monoisotopic (exact) mass is 251 g/mol. The lowest BCUT2D eigenvalue weighted by molar-refractivity contribution is 0.0821. The number of aliphatic hydroxyl groups excluding tert-OH is 1. The number of hydrogen-bond donors (Lipinski definition) is 2. The molecule has 0 aromatic heterocycles. The second-order valence-electron chi connectivity index (χ2n) is 5.32. The number of hydrogen-bond acceptors (Lipinski definition) is 2. The maximum absolute atomic E-state index is 11.1. The van der Waals surface area contributed by atoms with Gasteiger partial charge in [0.15, 0.2) is 0 Å². The Labute approximate surface area is 108 Å². The van der Waals surface area contributed by atoms with Crippen molar-refractivity contribution in [1.29, 1.82) is 0 Å². The van der Waals surface area contributed by atoms with Crippen LogP contribution in [-0.4, -0.2) is 33.3 Å². The zero-order valence-corrected chi connectivity index (χ0v) is 11.1. The van der Waals surface area contributed by atoms with Crippen LogP contribution in [-0.2, 0) is 0 Å². The van der Waals surface area contributed by atoms with Gasteiger partial charge in [-0.05, 0) is 32.8 Å². The number of benzene rings is 1. The first-order chi connectivity index (χ1) is 8.32. The van der Waals surface area contributed by atoms with Gasteiger partial charge in [-0.25, -0.2) is 4.79 Å². The molecule has 4 heteroatoms. The number of carbonyl (C=O) groups is 1. The normalized spacial score (nSPS) is 13.1. The van der Waals surface area contributed by atoms with Gasteiger partial charge in [0.25, 0.3) is 0 Å². The number of amides is 1. The molecule has 1 rings (SSSR count). The van der Waals surface area contributed by atoms with Crippen LogP contribution in [0.2, 0.25) is 0 Å². The fourth-order valence-electron chi connectivity index (χ4n) is 1.81. The van der Waals surface area contributed by atoms with Gasteiger partial charge in [-0.1, -0.05) is 30.3 Å². The summed E-state index contributed by atoms with van der Waals surface area (Å²) in [6, 6.07) is 9.28. The average molecular weight is 251 g/mol. The summed E-state index contributed by atoms with van der Waals surface area (Å²) >= 11 is 0. The van der Waals surface area contributed by atoms with Crippen molar-refractivity contribution < 1.29 is 15.0 Å². The molecule has 1 atom stereocenters. The zero-order chi connectivity index (χ0) is 13.8. The highest BCUT2D eigenvalue weighted by Gasteiger charge is 2.26. The zero-order valence-electron chi connectivity index (χ0n) is 11.1. The molecule has 0 radical (unpaired) electrons. The summed E-state index contributed by atoms with van der Waals surface area (Å²) in [6.07, 6.45) is -1.19. The molecule has 18 heavy (non-hydrogen) atoms. The third-order valence-electron chi connectivity index (χ3n) is 2.85. The van der Waals surface area contributed by atoms with Crippen molar-refractivity contribution in [3.63, 3.8) is 0 Å². The van der Waals surface area contributed by atoms with Gasteiger partial charge < -0.3 is 15.1 Å². The summed E-state index contributed by atoms with van der Waals surface area (Å²) in [7, 11) is 0. The van der Waals surface area contributed by atoms with Crippen molar-refractivity contribution in [2.75, 3.05) is 6.54 Å². The molecule has 1 aromatic rings. The Morgan fingerprint density at radius 2 is 1.83 bits per heavy atom. The predicted molar refractivity (Wildman–Crippen MR) is 70.5 cm³/mol. The van der Waals surface area contributed by atoms with Gasteiger partial charge in [-0.15, -0.1) is 0 Å². The van der Waals surface area contributed by atoms with Gasteiger partial charge in [0, 0.05) is 12.1 Å². The van der Waals surface area contributed by atoms with Crippen LogP contribution in [0.1, 0.15) is 38.9 Å². The van der Waals surface area contributed by atoms with Crippen molar-refractivity contribution in [2.24, 2.45) is 0 Å². The molecule has 0 aliphatic heterocycles. The Hall–Kier alpha value is -1.55. The second-order valence-corrected chi connectivity index (χ2v) is 5.32. The van der Waals surface area contributed by atoms with Gasteiger partial charge in [-0.3, -0.25) is 0 Å². The molecular weight excluding hydrogens is 230 g/mol. The maximum Gasteiger partial charge on any atom is 0.407 e. The first-order valence-electron chi connectivity index (χ1n) is 6.06. The van der Waals surface area contributed by atoms with Gasteiger partial charge >= 0.3 is 6.09 Å². The molecule has 1 unspecified atom stereocenters. The molecule has 0 heterocycles. The average Bonchev–Trinajstić information content (AvgIpc) is 2.28. The van der Waals surface area contributed by atoms with Crippen molar-refractivity contribution in [3.05, 3.63) is 35.9 Å². The highest BCUT2D eigenvalue weighted by molar-refractivity contribution is 5.65. The second kappa shape index (κ2) is 5.87. The number of rotatable bonds is 4. The van der Waals surface area contributed by atoms with Crippen LogP contribution < -0.4 is 0 Å². The van der Waals surface area contributed by atoms with Gasteiger partial charge in [0.2, 0.25) is 0 Å². The van der Waals surface area contributed by atoms with Crippen molar-refractivity contribution in [1.82, 2.24) is 4.90 Å². The first kappa shape index (κ1) is 14.5. The van der Waals surface area contributed by atoms with Crippen LogP contribution in [0.5, 0.6) is 0 Å². The molecule has 1 amide bonds. The van der Waals surface area contributed by atoms with E-state index in [0.29, 0.717) is 13.0 Å². The van der Waals surface area contributed by atoms with E-state index in [4.69, 9.17) is 5.11 Å². The third kappa shape index (κ3) is 4.04. The van der Waals surface area contributed by atoms with E-state index in [0.717, 1.165) is 5.56 Å². The molecule has 2 N–H and O–H groups in total. The highest BCUT2D eigenvalue weighted by Crippen LogP contribution is 2.20. The lowest BCUT2D eigenvalue weighted by Crippen LogP contribution is -2.45. The van der Waals surface area contributed by atoms with E-state index in [1.165, 1.54) is 4.90 Å². The lowest BCUT2D eigenvalue weighted by Gasteiger charge is -2.33. The molecule has 0 aliphatic rings. The summed E-state index contributed by atoms with van der Waals surface area (Å²) in [6.45, 7) is 5.84. The number of carboxylic acid groups (broad SMARTS) is 1. The van der Waals surface area contributed by atoms with Crippen molar-refractivity contribution >= 4 is 6.09 Å². The smallest absolute Gasteiger partial charge is 0.407 e. The summed E-state index contributed by atoms with van der Waals surface area (Å²) in [5, 5.41) is 19.1. The van der Waals surface area contributed by atoms with E-state index < -0.39 is 17.7 Å². The Bertz CT molecular complexity index is 384. The quantitative estimate of drug-likeness (QED) is 0.865. The molecule has 0 bridgehead atoms. The molecule has 1 aromatic carbocycles. The lowest BCUT2D eigenvalue weighted by atomic mass is 10.0. The Morgan fingerprint density at radius 1 is 1.28 bits per heavy atom. The molecular formula is C14H21NO3. The van der Waals surface area contributed by atoms with Crippen LogP contribution >= 0.6 is 0 Å². The predicted octanol–water partition coefficient (Wildman–Crippen LogP) is 2.89. The highest BCUT2D eigenvalue weighted by atomic mass is 16.4. The summed E-state index contributed by atoms with van der Waals surface area (Å²) in [5.41, 5.74) is 0.360. The minimum atomic E-state index is -0.956. The largest absolute Gasteiger partial charge is 0.465 e. The number of nitrogens with zero attached hydrogens (tertiary/aromatic N) is 1. The summed E-state index contributed by atoms with van der Waals surface area (Å²) in [4.78, 5) is 12.5. The standard InChI is InChI=1S/C14H21NO3/c1-14(2,3)15(13(17)18)10-9-12(16)11-7-5-4-6-8-11/h4-8,12,16H,9-10H2,1-3H3,(H,17,18). The Kier molecular flexibility index (Phi) is 4.73. The molecule has 4 nitrogen and oxygen atoms in total. The molecule has 0 saturated heterocycles. The molecule has 100 valence electrons. The van der Waals surface area contributed by atoms with E-state index >= 15 is 0 Å². The fourth-order valence-corrected chi connectivity index (χ4v) is 1.81. The minimum Gasteiger partial charge on any atom is -0.465 e.